The summed E-state index contributed by atoms with van der Waals surface area (Å²) in [4.78, 5) is 23.7. The molecule has 0 fully saturated rings. The Kier molecular flexibility index (Phi) is 26.6. The summed E-state index contributed by atoms with van der Waals surface area (Å²) >= 11 is 0. The molecule has 0 aromatic heterocycles. The Morgan fingerprint density at radius 2 is 1.03 bits per heavy atom. The molecule has 0 unspecified atom stereocenters. The number of carbonyl (C=O) groups excluding carboxylic acids is 2. The van der Waals surface area contributed by atoms with E-state index in [1.807, 2.05) is 0 Å². The lowest BCUT2D eigenvalue weighted by Gasteiger charge is -2.11. The summed E-state index contributed by atoms with van der Waals surface area (Å²) in [6.07, 6.45) is 19.8. The molecule has 0 bridgehead atoms. The zero-order valence-corrected chi connectivity index (χ0v) is 21.2. The molecule has 0 amide bonds. The van der Waals surface area contributed by atoms with E-state index in [9.17, 15) is 9.59 Å². The fourth-order valence-corrected chi connectivity index (χ4v) is 3.40. The van der Waals surface area contributed by atoms with E-state index in [1.54, 1.807) is 0 Å². The summed E-state index contributed by atoms with van der Waals surface area (Å²) in [6, 6.07) is -0.741. The standard InChI is InChI=1S/C25H49NO4.ClH/c1-3-5-7-9-11-13-15-17-21-29-24(27)20-19-23(26)25(28)30-22-18-16-14-12-10-8-6-4-2;/h23H,3-22,26H2,1-2H3;1H/t23-;/m0./s1. The predicted molar refractivity (Wildman–Crippen MR) is 132 cm³/mol. The maximum atomic E-state index is 11.9. The SMILES string of the molecule is CCCCCCCCCCOC(=O)CC[C@H](N)C(=O)OCCCCCCCCCC.Cl. The Morgan fingerprint density at radius 3 is 1.48 bits per heavy atom. The van der Waals surface area contributed by atoms with Crippen LogP contribution in [0.3, 0.4) is 0 Å². The normalized spacial score (nSPS) is 11.6. The average molecular weight is 464 g/mol. The third kappa shape index (κ3) is 23.7. The molecule has 186 valence electrons. The molecule has 0 heterocycles. The molecule has 0 saturated carbocycles. The van der Waals surface area contributed by atoms with E-state index >= 15 is 0 Å². The molecule has 0 aliphatic heterocycles. The fraction of sp³-hybridized carbons (Fsp3) is 0.920. The van der Waals surface area contributed by atoms with E-state index in [-0.39, 0.29) is 31.2 Å². The number of halogens is 1. The van der Waals surface area contributed by atoms with E-state index in [2.05, 4.69) is 13.8 Å². The van der Waals surface area contributed by atoms with Crippen LogP contribution in [-0.2, 0) is 19.1 Å². The largest absolute Gasteiger partial charge is 0.466 e. The van der Waals surface area contributed by atoms with Crippen LogP contribution in [0.5, 0.6) is 0 Å². The monoisotopic (exact) mass is 463 g/mol. The predicted octanol–water partition coefficient (Wildman–Crippen LogP) is 6.88. The molecule has 0 aliphatic rings. The summed E-state index contributed by atoms with van der Waals surface area (Å²) in [7, 11) is 0. The van der Waals surface area contributed by atoms with Gasteiger partial charge in [-0.05, 0) is 19.3 Å². The Labute approximate surface area is 198 Å². The molecular formula is C25H50ClNO4. The maximum Gasteiger partial charge on any atom is 0.322 e. The van der Waals surface area contributed by atoms with Crippen molar-refractivity contribution < 1.29 is 19.1 Å². The molecule has 0 aromatic rings. The smallest absolute Gasteiger partial charge is 0.322 e. The minimum atomic E-state index is -0.741. The van der Waals surface area contributed by atoms with Gasteiger partial charge in [-0.15, -0.1) is 12.4 Å². The summed E-state index contributed by atoms with van der Waals surface area (Å²) in [5.41, 5.74) is 5.84. The molecule has 0 rings (SSSR count). The molecule has 1 atom stereocenters. The van der Waals surface area contributed by atoms with Crippen LogP contribution in [-0.4, -0.2) is 31.2 Å². The molecule has 31 heavy (non-hydrogen) atoms. The Hall–Kier alpha value is -0.810. The zero-order chi connectivity index (χ0) is 22.3. The van der Waals surface area contributed by atoms with Crippen LogP contribution in [0.1, 0.15) is 129 Å². The number of esters is 2. The number of carbonyl (C=O) groups is 2. The highest BCUT2D eigenvalue weighted by atomic mass is 35.5. The Bertz CT molecular complexity index is 407. The van der Waals surface area contributed by atoms with E-state index in [1.165, 1.54) is 77.0 Å². The van der Waals surface area contributed by atoms with Crippen LogP contribution in [0.25, 0.3) is 0 Å². The first-order chi connectivity index (χ1) is 14.6. The van der Waals surface area contributed by atoms with Gasteiger partial charge in [0.25, 0.3) is 0 Å². The van der Waals surface area contributed by atoms with Crippen LogP contribution in [0.4, 0.5) is 0 Å². The van der Waals surface area contributed by atoms with Crippen LogP contribution in [0, 0.1) is 0 Å². The van der Waals surface area contributed by atoms with Crippen LogP contribution < -0.4 is 5.73 Å². The van der Waals surface area contributed by atoms with Crippen LogP contribution in [0.2, 0.25) is 0 Å². The van der Waals surface area contributed by atoms with Crippen molar-refractivity contribution in [2.75, 3.05) is 13.2 Å². The Balaban J connectivity index is 0. The van der Waals surface area contributed by atoms with Crippen molar-refractivity contribution in [2.24, 2.45) is 5.73 Å². The second kappa shape index (κ2) is 25.5. The van der Waals surface area contributed by atoms with Crippen molar-refractivity contribution in [3.63, 3.8) is 0 Å². The number of hydrogen-bond donors (Lipinski definition) is 1. The first-order valence-corrected chi connectivity index (χ1v) is 12.7. The lowest BCUT2D eigenvalue weighted by molar-refractivity contribution is -0.146. The van der Waals surface area contributed by atoms with E-state index in [0.717, 1.165) is 25.7 Å². The molecule has 0 aliphatic carbocycles. The lowest BCUT2D eigenvalue weighted by Crippen LogP contribution is -2.33. The quantitative estimate of drug-likeness (QED) is 0.140. The summed E-state index contributed by atoms with van der Waals surface area (Å²) in [6.45, 7) is 5.33. The third-order valence-electron chi connectivity index (χ3n) is 5.47. The van der Waals surface area contributed by atoms with Gasteiger partial charge in [0.2, 0.25) is 0 Å². The van der Waals surface area contributed by atoms with Gasteiger partial charge in [0.05, 0.1) is 13.2 Å². The average Bonchev–Trinajstić information content (AvgIpc) is 2.75. The molecule has 0 aromatic carbocycles. The van der Waals surface area contributed by atoms with Crippen LogP contribution in [0.15, 0.2) is 0 Å². The minimum absolute atomic E-state index is 0. The molecule has 6 heteroatoms. The summed E-state index contributed by atoms with van der Waals surface area (Å²) < 4.78 is 10.5. The van der Waals surface area contributed by atoms with E-state index in [4.69, 9.17) is 15.2 Å². The van der Waals surface area contributed by atoms with Gasteiger partial charge in [-0.1, -0.05) is 104 Å². The van der Waals surface area contributed by atoms with Crippen molar-refractivity contribution >= 4 is 24.3 Å². The van der Waals surface area contributed by atoms with Crippen LogP contribution >= 0.6 is 12.4 Å². The van der Waals surface area contributed by atoms with Gasteiger partial charge >= 0.3 is 11.9 Å². The van der Waals surface area contributed by atoms with Crippen molar-refractivity contribution in [3.05, 3.63) is 0 Å². The number of ether oxygens (including phenoxy) is 2. The Morgan fingerprint density at radius 1 is 0.645 bits per heavy atom. The molecule has 5 nitrogen and oxygen atoms in total. The summed E-state index contributed by atoms with van der Waals surface area (Å²) in [5, 5.41) is 0. The second-order valence-electron chi connectivity index (χ2n) is 8.48. The number of rotatable bonds is 22. The number of nitrogens with two attached hydrogens (primary N) is 1. The van der Waals surface area contributed by atoms with Gasteiger partial charge in [-0.25, -0.2) is 0 Å². The highest BCUT2D eigenvalue weighted by molar-refractivity contribution is 5.85. The van der Waals surface area contributed by atoms with Crippen molar-refractivity contribution in [1.82, 2.24) is 0 Å². The fourth-order valence-electron chi connectivity index (χ4n) is 3.40. The molecule has 0 radical (unpaired) electrons. The van der Waals surface area contributed by atoms with Gasteiger partial charge in [-0.2, -0.15) is 0 Å². The zero-order valence-electron chi connectivity index (χ0n) is 20.3. The first-order valence-electron chi connectivity index (χ1n) is 12.7. The topological polar surface area (TPSA) is 78.6 Å². The molecular weight excluding hydrogens is 414 g/mol. The third-order valence-corrected chi connectivity index (χ3v) is 5.47. The van der Waals surface area contributed by atoms with Crippen molar-refractivity contribution in [3.8, 4) is 0 Å². The highest BCUT2D eigenvalue weighted by Gasteiger charge is 2.17. The van der Waals surface area contributed by atoms with Gasteiger partial charge in [0.1, 0.15) is 6.04 Å². The number of hydrogen-bond acceptors (Lipinski definition) is 5. The van der Waals surface area contributed by atoms with Crippen molar-refractivity contribution in [2.45, 2.75) is 135 Å². The van der Waals surface area contributed by atoms with E-state index in [0.29, 0.717) is 13.2 Å². The van der Waals surface area contributed by atoms with Crippen molar-refractivity contribution in [1.29, 1.82) is 0 Å². The summed E-state index contributed by atoms with van der Waals surface area (Å²) in [5.74, 6) is -0.682. The van der Waals surface area contributed by atoms with E-state index < -0.39 is 12.0 Å². The number of unbranched alkanes of at least 4 members (excludes halogenated alkanes) is 14. The second-order valence-corrected chi connectivity index (χ2v) is 8.48. The minimum Gasteiger partial charge on any atom is -0.466 e. The van der Waals surface area contributed by atoms with Gasteiger partial charge < -0.3 is 15.2 Å². The molecule has 2 N–H and O–H groups in total. The molecule has 0 saturated heterocycles. The van der Waals surface area contributed by atoms with Gasteiger partial charge in [0.15, 0.2) is 0 Å². The highest BCUT2D eigenvalue weighted by Crippen LogP contribution is 2.10. The lowest BCUT2D eigenvalue weighted by atomic mass is 10.1. The van der Waals surface area contributed by atoms with Gasteiger partial charge in [0, 0.05) is 6.42 Å². The van der Waals surface area contributed by atoms with Gasteiger partial charge in [-0.3, -0.25) is 9.59 Å². The molecule has 0 spiro atoms. The first kappa shape index (κ1) is 32.4. The maximum absolute atomic E-state index is 11.9.